The van der Waals surface area contributed by atoms with Crippen LogP contribution in [0.15, 0.2) is 29.2 Å². The van der Waals surface area contributed by atoms with Crippen LogP contribution in [-0.2, 0) is 24.3 Å². The van der Waals surface area contributed by atoms with Gasteiger partial charge in [0.05, 0.1) is 10.9 Å². The third-order valence-corrected chi connectivity index (χ3v) is 6.06. The van der Waals surface area contributed by atoms with Crippen molar-refractivity contribution >= 4 is 27.9 Å². The normalized spacial score (nSPS) is 20.3. The zero-order chi connectivity index (χ0) is 19.6. The van der Waals surface area contributed by atoms with Crippen LogP contribution in [0.5, 0.6) is 0 Å². The number of hydrogen-bond donors (Lipinski definition) is 1. The number of nitrogens with one attached hydrogen (secondary N) is 1. The first-order chi connectivity index (χ1) is 12.8. The Morgan fingerprint density at radius 2 is 2.11 bits per heavy atom. The largest absolute Gasteiger partial charge is 0.439 e. The second kappa shape index (κ2) is 7.65. The van der Waals surface area contributed by atoms with Crippen LogP contribution in [0, 0.1) is 6.92 Å². The van der Waals surface area contributed by atoms with Gasteiger partial charge in [0.25, 0.3) is 5.91 Å². The van der Waals surface area contributed by atoms with E-state index in [0.717, 1.165) is 10.5 Å². The summed E-state index contributed by atoms with van der Waals surface area (Å²) in [7, 11) is -3.68. The van der Waals surface area contributed by atoms with Crippen LogP contribution in [0.4, 0.5) is 4.79 Å². The summed E-state index contributed by atoms with van der Waals surface area (Å²) in [6.07, 6.45) is -0.192. The Morgan fingerprint density at radius 3 is 2.78 bits per heavy atom. The van der Waals surface area contributed by atoms with Crippen LogP contribution in [0.1, 0.15) is 18.4 Å². The molecule has 2 saturated heterocycles. The first-order valence-corrected chi connectivity index (χ1v) is 10.1. The van der Waals surface area contributed by atoms with Crippen LogP contribution in [0.2, 0.25) is 0 Å². The van der Waals surface area contributed by atoms with Crippen molar-refractivity contribution in [1.82, 2.24) is 14.5 Å². The third-order valence-electron chi connectivity index (χ3n) is 4.60. The first kappa shape index (κ1) is 19.3. The molecule has 0 aromatic heterocycles. The van der Waals surface area contributed by atoms with Gasteiger partial charge in [-0.2, -0.15) is 0 Å². The van der Waals surface area contributed by atoms with E-state index in [-0.39, 0.29) is 43.0 Å². The first-order valence-electron chi connectivity index (χ1n) is 8.61. The molecule has 27 heavy (non-hydrogen) atoms. The molecule has 10 heteroatoms. The molecule has 2 aliphatic rings. The summed E-state index contributed by atoms with van der Waals surface area (Å²) in [5, 5.41) is 0. The van der Waals surface area contributed by atoms with Crippen LogP contribution in [0.3, 0.4) is 0 Å². The summed E-state index contributed by atoms with van der Waals surface area (Å²) in [5.41, 5.74) is 0.826. The lowest BCUT2D eigenvalue weighted by Crippen LogP contribution is -2.42. The van der Waals surface area contributed by atoms with Gasteiger partial charge in [-0.25, -0.2) is 22.8 Å². The molecule has 3 amide bonds. The van der Waals surface area contributed by atoms with E-state index in [4.69, 9.17) is 4.74 Å². The average Bonchev–Trinajstić information content (AvgIpc) is 3.21. The van der Waals surface area contributed by atoms with Crippen molar-refractivity contribution in [2.24, 2.45) is 0 Å². The molecule has 9 nitrogen and oxygen atoms in total. The Labute approximate surface area is 157 Å². The minimum Gasteiger partial charge on any atom is -0.439 e. The molecular weight excluding hydrogens is 374 g/mol. The summed E-state index contributed by atoms with van der Waals surface area (Å²) in [6.45, 7) is 2.16. The van der Waals surface area contributed by atoms with Crippen molar-refractivity contribution in [3.8, 4) is 0 Å². The molecule has 0 bridgehead atoms. The highest BCUT2D eigenvalue weighted by Gasteiger charge is 2.41. The van der Waals surface area contributed by atoms with Gasteiger partial charge < -0.3 is 9.64 Å². The summed E-state index contributed by atoms with van der Waals surface area (Å²) in [6, 6.07) is 6.12. The lowest BCUT2D eigenvalue weighted by molar-refractivity contribution is -0.131. The topological polar surface area (TPSA) is 113 Å². The maximum absolute atomic E-state index is 12.3. The molecule has 2 fully saturated rings. The van der Waals surface area contributed by atoms with Crippen molar-refractivity contribution in [3.05, 3.63) is 29.8 Å². The Kier molecular flexibility index (Phi) is 5.47. The fraction of sp³-hybridized carbons (Fsp3) is 0.471. The van der Waals surface area contributed by atoms with Crippen molar-refractivity contribution in [2.75, 3.05) is 26.2 Å². The standard InChI is InChI=1S/C17H21N3O6S/c1-12-3-2-4-14(9-12)27(24,25)18-7-5-15(21)19-8-6-13(10-19)20-16(22)11-26-17(20)23/h2-4,9,13,18H,5-8,10-11H2,1H3. The van der Waals surface area contributed by atoms with Gasteiger partial charge in [-0.1, -0.05) is 12.1 Å². The van der Waals surface area contributed by atoms with E-state index >= 15 is 0 Å². The number of hydrogen-bond acceptors (Lipinski definition) is 6. The predicted molar refractivity (Wildman–Crippen MR) is 94.2 cm³/mol. The van der Waals surface area contributed by atoms with E-state index in [0.29, 0.717) is 13.0 Å². The number of nitrogens with zero attached hydrogens (tertiary/aromatic N) is 2. The van der Waals surface area contributed by atoms with E-state index in [1.807, 2.05) is 0 Å². The van der Waals surface area contributed by atoms with Gasteiger partial charge in [0, 0.05) is 26.1 Å². The maximum atomic E-state index is 12.3. The zero-order valence-corrected chi connectivity index (χ0v) is 15.7. The number of benzene rings is 1. The van der Waals surface area contributed by atoms with Gasteiger partial charge in [-0.05, 0) is 31.0 Å². The van der Waals surface area contributed by atoms with E-state index in [1.165, 1.54) is 11.0 Å². The van der Waals surface area contributed by atoms with Crippen molar-refractivity contribution in [1.29, 1.82) is 0 Å². The van der Waals surface area contributed by atoms with E-state index in [9.17, 15) is 22.8 Å². The van der Waals surface area contributed by atoms with E-state index < -0.39 is 22.0 Å². The van der Waals surface area contributed by atoms with Crippen molar-refractivity contribution in [3.63, 3.8) is 0 Å². The molecule has 3 rings (SSSR count). The number of carbonyl (C=O) groups excluding carboxylic acids is 3. The SMILES string of the molecule is Cc1cccc(S(=O)(=O)NCCC(=O)N2CCC(N3C(=O)COC3=O)C2)c1. The minimum atomic E-state index is -3.68. The molecular formula is C17H21N3O6S. The van der Waals surface area contributed by atoms with Gasteiger partial charge in [0.1, 0.15) is 0 Å². The number of rotatable bonds is 6. The number of carbonyl (C=O) groups is 3. The lowest BCUT2D eigenvalue weighted by Gasteiger charge is -2.20. The number of sulfonamides is 1. The number of aryl methyl sites for hydroxylation is 1. The fourth-order valence-electron chi connectivity index (χ4n) is 3.21. The summed E-state index contributed by atoms with van der Waals surface area (Å²) in [5.74, 6) is -0.630. The summed E-state index contributed by atoms with van der Waals surface area (Å²) >= 11 is 0. The Bertz CT molecular complexity index is 853. The monoisotopic (exact) mass is 395 g/mol. The molecule has 2 aliphatic heterocycles. The molecule has 1 aromatic rings. The van der Waals surface area contributed by atoms with Crippen molar-refractivity contribution < 1.29 is 27.5 Å². The number of cyclic esters (lactones) is 1. The smallest absolute Gasteiger partial charge is 0.417 e. The van der Waals surface area contributed by atoms with Gasteiger partial charge in [0.15, 0.2) is 6.61 Å². The molecule has 2 heterocycles. The summed E-state index contributed by atoms with van der Waals surface area (Å²) in [4.78, 5) is 38.3. The summed E-state index contributed by atoms with van der Waals surface area (Å²) < 4.78 is 31.6. The molecule has 1 unspecified atom stereocenters. The quantitative estimate of drug-likeness (QED) is 0.738. The highest BCUT2D eigenvalue weighted by atomic mass is 32.2. The Balaban J connectivity index is 1.50. The molecule has 0 spiro atoms. The molecule has 0 saturated carbocycles. The second-order valence-corrected chi connectivity index (χ2v) is 8.33. The Hall–Kier alpha value is -2.46. The highest BCUT2D eigenvalue weighted by molar-refractivity contribution is 7.89. The van der Waals surface area contributed by atoms with Crippen LogP contribution in [-0.4, -0.2) is 68.4 Å². The molecule has 146 valence electrons. The molecule has 0 aliphatic carbocycles. The number of ether oxygens (including phenoxy) is 1. The van der Waals surface area contributed by atoms with E-state index in [2.05, 4.69) is 4.72 Å². The second-order valence-electron chi connectivity index (χ2n) is 6.56. The molecule has 1 N–H and O–H groups in total. The highest BCUT2D eigenvalue weighted by Crippen LogP contribution is 2.20. The Morgan fingerprint density at radius 1 is 1.33 bits per heavy atom. The zero-order valence-electron chi connectivity index (χ0n) is 14.9. The molecule has 1 atom stereocenters. The van der Waals surface area contributed by atoms with Crippen molar-refractivity contribution in [2.45, 2.75) is 30.7 Å². The number of amides is 3. The van der Waals surface area contributed by atoms with E-state index in [1.54, 1.807) is 25.1 Å². The minimum absolute atomic E-state index is 0.00381. The number of imide groups is 1. The molecule has 0 radical (unpaired) electrons. The fourth-order valence-corrected chi connectivity index (χ4v) is 4.35. The maximum Gasteiger partial charge on any atom is 0.417 e. The van der Waals surface area contributed by atoms with Gasteiger partial charge in [0.2, 0.25) is 15.9 Å². The van der Waals surface area contributed by atoms with Crippen LogP contribution >= 0.6 is 0 Å². The van der Waals surface area contributed by atoms with Crippen LogP contribution < -0.4 is 4.72 Å². The van der Waals surface area contributed by atoms with Crippen LogP contribution in [0.25, 0.3) is 0 Å². The average molecular weight is 395 g/mol. The molecule has 1 aromatic carbocycles. The number of likely N-dealkylation sites (tertiary alicyclic amines) is 1. The van der Waals surface area contributed by atoms with Gasteiger partial charge in [-0.3, -0.25) is 9.59 Å². The van der Waals surface area contributed by atoms with Gasteiger partial charge in [-0.15, -0.1) is 0 Å². The third kappa shape index (κ3) is 4.28. The predicted octanol–water partition coefficient (Wildman–Crippen LogP) is 0.243. The van der Waals surface area contributed by atoms with Gasteiger partial charge >= 0.3 is 6.09 Å². The lowest BCUT2D eigenvalue weighted by atomic mass is 10.2.